The molecular weight excluding hydrogens is 320 g/mol. The first-order chi connectivity index (χ1) is 11.8. The fourth-order valence-corrected chi connectivity index (χ4v) is 4.10. The summed E-state index contributed by atoms with van der Waals surface area (Å²) in [4.78, 5) is 15.8. The van der Waals surface area contributed by atoms with Crippen LogP contribution in [0.4, 0.5) is 0 Å². The fourth-order valence-electron chi connectivity index (χ4n) is 3.40. The number of piperidine rings is 1. The number of hydrogen-bond acceptors (Lipinski definition) is 4. The van der Waals surface area contributed by atoms with Gasteiger partial charge in [0.15, 0.2) is 5.65 Å². The highest BCUT2D eigenvalue weighted by Gasteiger charge is 2.27. The molecule has 0 spiro atoms. The van der Waals surface area contributed by atoms with Crippen LogP contribution in [0.2, 0.25) is 0 Å². The third-order valence-corrected chi connectivity index (χ3v) is 5.58. The minimum absolute atomic E-state index is 0.252. The van der Waals surface area contributed by atoms with Crippen LogP contribution < -0.4 is 0 Å². The largest absolute Gasteiger partial charge is 0.342 e. The normalized spacial score (nSPS) is 18.2. The lowest BCUT2D eigenvalue weighted by Gasteiger charge is -2.32. The molecule has 0 bridgehead atoms. The Hall–Kier alpha value is -2.21. The lowest BCUT2D eigenvalue weighted by molar-refractivity contribution is -0.132. The Labute approximate surface area is 144 Å². The molecule has 5 nitrogen and oxygen atoms in total. The molecule has 124 valence electrons. The number of amides is 1. The maximum atomic E-state index is 12.6. The molecular formula is C18H20N4OS. The zero-order valence-electron chi connectivity index (χ0n) is 13.5. The SMILES string of the molecule is O=C(CCc1cccs1)N1CCCC(c2nnc3ccccn23)C1. The van der Waals surface area contributed by atoms with Gasteiger partial charge in [-0.15, -0.1) is 21.5 Å². The molecule has 0 saturated carbocycles. The van der Waals surface area contributed by atoms with Gasteiger partial charge in [0.2, 0.25) is 5.91 Å². The van der Waals surface area contributed by atoms with E-state index in [2.05, 4.69) is 21.6 Å². The predicted octanol–water partition coefficient (Wildman–Crippen LogP) is 3.13. The third-order valence-electron chi connectivity index (χ3n) is 4.64. The minimum Gasteiger partial charge on any atom is -0.342 e. The van der Waals surface area contributed by atoms with Crippen molar-refractivity contribution < 1.29 is 4.79 Å². The summed E-state index contributed by atoms with van der Waals surface area (Å²) >= 11 is 1.72. The molecule has 4 heterocycles. The van der Waals surface area contributed by atoms with E-state index in [4.69, 9.17) is 0 Å². The molecule has 1 atom stereocenters. The van der Waals surface area contributed by atoms with Crippen molar-refractivity contribution in [1.29, 1.82) is 0 Å². The number of carbonyl (C=O) groups is 1. The predicted molar refractivity (Wildman–Crippen MR) is 94.2 cm³/mol. The van der Waals surface area contributed by atoms with Crippen LogP contribution in [0.3, 0.4) is 0 Å². The van der Waals surface area contributed by atoms with Gasteiger partial charge in [0, 0.05) is 36.5 Å². The average Bonchev–Trinajstić information content (AvgIpc) is 3.29. The van der Waals surface area contributed by atoms with Gasteiger partial charge in [0.05, 0.1) is 0 Å². The second-order valence-electron chi connectivity index (χ2n) is 6.25. The van der Waals surface area contributed by atoms with Crippen molar-refractivity contribution in [2.24, 2.45) is 0 Å². The molecule has 24 heavy (non-hydrogen) atoms. The van der Waals surface area contributed by atoms with Gasteiger partial charge >= 0.3 is 0 Å². The third kappa shape index (κ3) is 3.06. The molecule has 1 saturated heterocycles. The number of aromatic nitrogens is 3. The summed E-state index contributed by atoms with van der Waals surface area (Å²) < 4.78 is 2.05. The Morgan fingerprint density at radius 1 is 1.25 bits per heavy atom. The number of fused-ring (bicyclic) bond motifs is 1. The summed E-state index contributed by atoms with van der Waals surface area (Å²) in [6.45, 7) is 1.61. The number of thiophene rings is 1. The first kappa shape index (κ1) is 15.3. The van der Waals surface area contributed by atoms with E-state index in [1.165, 1.54) is 4.88 Å². The lowest BCUT2D eigenvalue weighted by atomic mass is 9.96. The van der Waals surface area contributed by atoms with Crippen LogP contribution in [0.1, 0.15) is 35.9 Å². The number of carbonyl (C=O) groups excluding carboxylic acids is 1. The van der Waals surface area contributed by atoms with Gasteiger partial charge in [-0.2, -0.15) is 0 Å². The first-order valence-electron chi connectivity index (χ1n) is 8.41. The van der Waals surface area contributed by atoms with Gasteiger partial charge in [0.1, 0.15) is 5.82 Å². The summed E-state index contributed by atoms with van der Waals surface area (Å²) in [6, 6.07) is 10.1. The number of likely N-dealkylation sites (tertiary alicyclic amines) is 1. The molecule has 4 rings (SSSR count). The standard InChI is InChI=1S/C18H20N4OS/c23-17(9-8-15-6-4-12-24-15)21-10-3-5-14(13-21)18-20-19-16-7-1-2-11-22(16)18/h1-2,4,6-7,11-12,14H,3,5,8-10,13H2. The van der Waals surface area contributed by atoms with Crippen molar-refractivity contribution in [3.8, 4) is 0 Å². The van der Waals surface area contributed by atoms with E-state index in [9.17, 15) is 4.79 Å². The van der Waals surface area contributed by atoms with E-state index in [0.29, 0.717) is 6.42 Å². The molecule has 1 unspecified atom stereocenters. The number of rotatable bonds is 4. The van der Waals surface area contributed by atoms with E-state index in [1.807, 2.05) is 39.8 Å². The molecule has 3 aromatic rings. The Balaban J connectivity index is 1.44. The van der Waals surface area contributed by atoms with E-state index in [-0.39, 0.29) is 11.8 Å². The van der Waals surface area contributed by atoms with Crippen molar-refractivity contribution in [2.75, 3.05) is 13.1 Å². The molecule has 3 aromatic heterocycles. The van der Waals surface area contributed by atoms with Gasteiger partial charge in [-0.1, -0.05) is 12.1 Å². The molecule has 0 radical (unpaired) electrons. The molecule has 1 aliphatic rings. The highest BCUT2D eigenvalue weighted by Crippen LogP contribution is 2.26. The van der Waals surface area contributed by atoms with Crippen LogP contribution in [0, 0.1) is 0 Å². The van der Waals surface area contributed by atoms with E-state index in [0.717, 1.165) is 43.8 Å². The Morgan fingerprint density at radius 2 is 2.21 bits per heavy atom. The van der Waals surface area contributed by atoms with Crippen molar-refractivity contribution >= 4 is 22.9 Å². The molecule has 6 heteroatoms. The molecule has 0 aliphatic carbocycles. The Morgan fingerprint density at radius 3 is 3.08 bits per heavy atom. The zero-order valence-corrected chi connectivity index (χ0v) is 14.3. The topological polar surface area (TPSA) is 50.5 Å². The van der Waals surface area contributed by atoms with Gasteiger partial charge in [-0.25, -0.2) is 0 Å². The fraction of sp³-hybridized carbons (Fsp3) is 0.389. The maximum Gasteiger partial charge on any atom is 0.222 e. The van der Waals surface area contributed by atoms with Crippen molar-refractivity contribution in [1.82, 2.24) is 19.5 Å². The lowest BCUT2D eigenvalue weighted by Crippen LogP contribution is -2.39. The molecule has 0 aromatic carbocycles. The van der Waals surface area contributed by atoms with Crippen molar-refractivity contribution in [3.05, 3.63) is 52.6 Å². The highest BCUT2D eigenvalue weighted by molar-refractivity contribution is 7.09. The quantitative estimate of drug-likeness (QED) is 0.733. The minimum atomic E-state index is 0.252. The van der Waals surface area contributed by atoms with Gasteiger partial charge in [-0.3, -0.25) is 9.20 Å². The number of hydrogen-bond donors (Lipinski definition) is 0. The zero-order chi connectivity index (χ0) is 16.4. The van der Waals surface area contributed by atoms with Crippen LogP contribution in [-0.2, 0) is 11.2 Å². The van der Waals surface area contributed by atoms with E-state index < -0.39 is 0 Å². The molecule has 1 fully saturated rings. The molecule has 1 amide bonds. The number of nitrogens with zero attached hydrogens (tertiary/aromatic N) is 4. The van der Waals surface area contributed by atoms with Crippen molar-refractivity contribution in [2.45, 2.75) is 31.6 Å². The summed E-state index contributed by atoms with van der Waals surface area (Å²) in [5.41, 5.74) is 0.869. The molecule has 1 aliphatic heterocycles. The van der Waals surface area contributed by atoms with Crippen LogP contribution in [0.5, 0.6) is 0 Å². The number of pyridine rings is 1. The van der Waals surface area contributed by atoms with Crippen LogP contribution in [0.15, 0.2) is 41.9 Å². The van der Waals surface area contributed by atoms with Crippen LogP contribution in [-0.4, -0.2) is 38.5 Å². The highest BCUT2D eigenvalue weighted by atomic mass is 32.1. The summed E-state index contributed by atoms with van der Waals surface area (Å²) in [5.74, 6) is 1.49. The second-order valence-corrected chi connectivity index (χ2v) is 7.28. The van der Waals surface area contributed by atoms with Crippen molar-refractivity contribution in [3.63, 3.8) is 0 Å². The van der Waals surface area contributed by atoms with E-state index in [1.54, 1.807) is 11.3 Å². The smallest absolute Gasteiger partial charge is 0.222 e. The monoisotopic (exact) mass is 340 g/mol. The number of aryl methyl sites for hydroxylation is 1. The second kappa shape index (κ2) is 6.73. The van der Waals surface area contributed by atoms with Gasteiger partial charge in [0.25, 0.3) is 0 Å². The van der Waals surface area contributed by atoms with Gasteiger partial charge in [-0.05, 0) is 42.8 Å². The Bertz CT molecular complexity index is 827. The summed E-state index contributed by atoms with van der Waals surface area (Å²) in [7, 11) is 0. The maximum absolute atomic E-state index is 12.6. The molecule has 0 N–H and O–H groups in total. The average molecular weight is 340 g/mol. The van der Waals surface area contributed by atoms with Crippen LogP contribution >= 0.6 is 11.3 Å². The Kier molecular flexibility index (Phi) is 4.30. The first-order valence-corrected chi connectivity index (χ1v) is 9.29. The van der Waals surface area contributed by atoms with Gasteiger partial charge < -0.3 is 4.90 Å². The van der Waals surface area contributed by atoms with Crippen LogP contribution in [0.25, 0.3) is 5.65 Å². The summed E-state index contributed by atoms with van der Waals surface area (Å²) in [5, 5.41) is 10.7. The van der Waals surface area contributed by atoms with E-state index >= 15 is 0 Å². The summed E-state index contributed by atoms with van der Waals surface area (Å²) in [6.07, 6.45) is 5.52.